The van der Waals surface area contributed by atoms with Crippen LogP contribution >= 0.6 is 66.9 Å². The van der Waals surface area contributed by atoms with Crippen molar-refractivity contribution < 1.29 is 13.8 Å². The van der Waals surface area contributed by atoms with Crippen LogP contribution in [-0.4, -0.2) is 61.2 Å². The molecular weight excluding hydrogens is 692 g/mol. The first-order valence-corrected chi connectivity index (χ1v) is 22.2. The minimum absolute atomic E-state index is 0.651. The summed E-state index contributed by atoms with van der Waals surface area (Å²) >= 11 is 26.3. The number of hydrogen-bond donors (Lipinski definition) is 2. The maximum absolute atomic E-state index is 6.02. The number of halogens is 2. The van der Waals surface area contributed by atoms with E-state index >= 15 is 0 Å². The predicted octanol–water partition coefficient (Wildman–Crippen LogP) is 8.13. The van der Waals surface area contributed by atoms with Gasteiger partial charge in [-0.3, -0.25) is 0 Å². The Labute approximate surface area is 274 Å². The standard InChI is InChI=1S/C25H31Cl2N6O3P3S3/c1-31(28-17-20-5-11-23(34-4)12-6-20)37(40)35-24-13-7-21(8-14-24)18-29-32(2)38(41)36-25-15-9-22(10-16-25)19-30-33(3)39(26,27)42/h5-19,37,39,41-42H,1-4H3. The first kappa shape index (κ1) is 34.7. The SMILES string of the molecule is COc1ccc(C=NN(C)[PH](=S)Oc2ccc(C=NN(C)P(S)Oc3ccc(C=NN(C)[PH](S)(Cl)Cl)cc3)cc2)cc1. The van der Waals surface area contributed by atoms with Crippen LogP contribution in [0.25, 0.3) is 0 Å². The Morgan fingerprint density at radius 1 is 0.786 bits per heavy atom. The van der Waals surface area contributed by atoms with Crippen LogP contribution in [0.1, 0.15) is 16.7 Å². The Hall–Kier alpha value is -1.74. The third-order valence-corrected chi connectivity index (χ3v) is 12.6. The van der Waals surface area contributed by atoms with Crippen molar-refractivity contribution in [3.8, 4) is 17.2 Å². The minimum Gasteiger partial charge on any atom is -0.0497 e. The van der Waals surface area contributed by atoms with E-state index < -0.39 is 19.9 Å². The van der Waals surface area contributed by atoms with E-state index in [1.165, 1.54) is 4.78 Å². The summed E-state index contributed by atoms with van der Waals surface area (Å²) in [6.45, 7) is 0. The van der Waals surface area contributed by atoms with Crippen molar-refractivity contribution in [1.29, 1.82) is 0 Å². The van der Waals surface area contributed by atoms with E-state index in [2.05, 4.69) is 39.8 Å². The molecule has 2 atom stereocenters. The first-order valence-electron chi connectivity index (χ1n) is 12.1. The number of hydrazone groups is 3. The van der Waals surface area contributed by atoms with E-state index in [0.29, 0.717) is 11.5 Å². The molecule has 0 N–H and O–H groups in total. The van der Waals surface area contributed by atoms with Crippen LogP contribution in [0, 0.1) is 0 Å². The average Bonchev–Trinajstić information content (AvgIpc) is 2.98. The molecule has 3 aromatic rings. The van der Waals surface area contributed by atoms with Gasteiger partial charge in [0.15, 0.2) is 0 Å². The summed E-state index contributed by atoms with van der Waals surface area (Å²) in [5.74, 6) is 2.10. The number of methoxy groups -OCH3 is 1. The van der Waals surface area contributed by atoms with Gasteiger partial charge in [-0.05, 0) is 71.5 Å². The Bertz CT molecular complexity index is 1400. The van der Waals surface area contributed by atoms with Gasteiger partial charge in [0.25, 0.3) is 0 Å². The Balaban J connectivity index is 1.48. The Kier molecular flexibility index (Phi) is 14.0. The maximum Gasteiger partial charge on any atom is -0.0189 e. The van der Waals surface area contributed by atoms with Crippen LogP contribution in [0.15, 0.2) is 88.1 Å². The molecule has 3 rings (SSSR count). The molecule has 0 heterocycles. The molecule has 0 spiro atoms. The van der Waals surface area contributed by atoms with Gasteiger partial charge < -0.3 is 9.26 Å². The van der Waals surface area contributed by atoms with Crippen molar-refractivity contribution in [2.75, 3.05) is 28.3 Å². The number of benzene rings is 3. The molecule has 2 unspecified atom stereocenters. The second-order valence-electron chi connectivity index (χ2n) is 8.40. The molecule has 0 radical (unpaired) electrons. The van der Waals surface area contributed by atoms with E-state index in [9.17, 15) is 0 Å². The van der Waals surface area contributed by atoms with E-state index in [1.54, 1.807) is 56.5 Å². The van der Waals surface area contributed by atoms with E-state index in [-0.39, 0.29) is 0 Å². The number of nitrogens with zero attached hydrogens (tertiary/aromatic N) is 6. The summed E-state index contributed by atoms with van der Waals surface area (Å²) in [7, 11) is 3.80. The molecule has 0 saturated heterocycles. The first-order chi connectivity index (χ1) is 19.9. The molecule has 17 heteroatoms. The summed E-state index contributed by atoms with van der Waals surface area (Å²) in [5, 5.41) is 10.3. The third kappa shape index (κ3) is 11.7. The molecular formula is C25H31Cl2N6O3P3S3. The zero-order chi connectivity index (χ0) is 30.7. The smallest absolute Gasteiger partial charge is 0.0189 e. The van der Waals surface area contributed by atoms with Crippen LogP contribution in [0.3, 0.4) is 0 Å². The van der Waals surface area contributed by atoms with Gasteiger partial charge in [-0.25, -0.2) is 4.78 Å². The van der Waals surface area contributed by atoms with E-state index in [1.807, 2.05) is 72.8 Å². The van der Waals surface area contributed by atoms with Gasteiger partial charge in [-0.1, -0.05) is 0 Å². The van der Waals surface area contributed by atoms with Gasteiger partial charge in [0.1, 0.15) is 11.5 Å². The molecule has 0 saturated carbocycles. The van der Waals surface area contributed by atoms with E-state index in [0.717, 1.165) is 22.4 Å². The fourth-order valence-electron chi connectivity index (χ4n) is 2.86. The molecule has 0 bridgehead atoms. The largest absolute Gasteiger partial charge is 0.0497 e. The normalized spacial score (nSPS) is 13.7. The summed E-state index contributed by atoms with van der Waals surface area (Å²) in [5.41, 5.74) is 2.67. The summed E-state index contributed by atoms with van der Waals surface area (Å²) in [4.78, 5) is 0. The van der Waals surface area contributed by atoms with Gasteiger partial charge in [0, 0.05) is 7.05 Å². The van der Waals surface area contributed by atoms with Crippen LogP contribution in [0.5, 0.6) is 17.2 Å². The van der Waals surface area contributed by atoms with Crippen molar-refractivity contribution in [3.63, 3.8) is 0 Å². The number of ether oxygens (including phenoxy) is 1. The molecule has 0 aliphatic carbocycles. The molecule has 3 aromatic carbocycles. The number of thiol groups is 2. The van der Waals surface area contributed by atoms with Gasteiger partial charge >= 0.3 is 146 Å². The van der Waals surface area contributed by atoms with Crippen molar-refractivity contribution in [1.82, 2.24) is 14.3 Å². The summed E-state index contributed by atoms with van der Waals surface area (Å²) < 4.78 is 21.8. The van der Waals surface area contributed by atoms with Gasteiger partial charge in [0.05, 0.1) is 13.3 Å². The number of hydrogen-bond acceptors (Lipinski definition) is 11. The summed E-state index contributed by atoms with van der Waals surface area (Å²) in [6, 6.07) is 22.4. The van der Waals surface area contributed by atoms with Crippen LogP contribution in [0.2, 0.25) is 0 Å². The predicted molar refractivity (Wildman–Crippen MR) is 194 cm³/mol. The van der Waals surface area contributed by atoms with Crippen molar-refractivity contribution in [2.45, 2.75) is 0 Å². The molecule has 0 fully saturated rings. The van der Waals surface area contributed by atoms with Gasteiger partial charge in [-0.2, -0.15) is 5.10 Å². The van der Waals surface area contributed by atoms with Crippen LogP contribution < -0.4 is 13.8 Å². The maximum atomic E-state index is 6.02. The molecule has 226 valence electrons. The van der Waals surface area contributed by atoms with Crippen molar-refractivity contribution in [3.05, 3.63) is 89.5 Å². The topological polar surface area (TPSA) is 74.5 Å². The third-order valence-electron chi connectivity index (χ3n) is 5.30. The molecule has 42 heavy (non-hydrogen) atoms. The monoisotopic (exact) mass is 722 g/mol. The quantitative estimate of drug-likeness (QED) is 0.0754. The van der Waals surface area contributed by atoms with Crippen LogP contribution in [0.4, 0.5) is 0 Å². The molecule has 0 aliphatic heterocycles. The van der Waals surface area contributed by atoms with Crippen LogP contribution in [-0.2, 0) is 11.8 Å². The minimum atomic E-state index is -2.82. The van der Waals surface area contributed by atoms with E-state index in [4.69, 9.17) is 48.1 Å². The fraction of sp³-hybridized carbons (Fsp3) is 0.160. The van der Waals surface area contributed by atoms with Crippen molar-refractivity contribution in [2.24, 2.45) is 15.3 Å². The Morgan fingerprint density at radius 2 is 1.24 bits per heavy atom. The van der Waals surface area contributed by atoms with Gasteiger partial charge in [-0.15, -0.1) is 0 Å². The zero-order valence-corrected chi connectivity index (χ0v) is 30.1. The number of rotatable bonds is 14. The molecule has 9 nitrogen and oxygen atoms in total. The zero-order valence-electron chi connectivity index (χ0n) is 23.1. The molecule has 0 amide bonds. The molecule has 0 aromatic heterocycles. The van der Waals surface area contributed by atoms with Crippen molar-refractivity contribution >= 4 is 97.3 Å². The molecule has 0 aliphatic rings. The average molecular weight is 724 g/mol. The fourth-order valence-corrected chi connectivity index (χ4v) is 5.52. The second kappa shape index (κ2) is 16.9. The second-order valence-corrected chi connectivity index (χ2v) is 22.2. The van der Waals surface area contributed by atoms with Gasteiger partial charge in [0.2, 0.25) is 7.07 Å². The Morgan fingerprint density at radius 3 is 1.74 bits per heavy atom. The summed E-state index contributed by atoms with van der Waals surface area (Å²) in [6.07, 6.45) is 5.10.